The van der Waals surface area contributed by atoms with Gasteiger partial charge in [0, 0.05) is 28.4 Å². The van der Waals surface area contributed by atoms with E-state index in [2.05, 4.69) is 10.6 Å². The molecule has 3 aromatic carbocycles. The SMILES string of the molecule is NC(=O)c1ccc(Cn2c3ccc[c]c3c3c(C(N)=O)cccc32)cc1. The highest BCUT2D eigenvalue weighted by Crippen LogP contribution is 2.31. The molecule has 0 atom stereocenters. The van der Waals surface area contributed by atoms with Gasteiger partial charge in [-0.05, 0) is 42.0 Å². The van der Waals surface area contributed by atoms with E-state index < -0.39 is 11.8 Å². The van der Waals surface area contributed by atoms with Crippen LogP contribution in [0.25, 0.3) is 21.8 Å². The first-order valence-electron chi connectivity index (χ1n) is 8.16. The summed E-state index contributed by atoms with van der Waals surface area (Å²) in [6.45, 7) is 0.582. The summed E-state index contributed by atoms with van der Waals surface area (Å²) >= 11 is 0. The zero-order valence-corrected chi connectivity index (χ0v) is 13.9. The lowest BCUT2D eigenvalue weighted by Crippen LogP contribution is -2.11. The van der Waals surface area contributed by atoms with Crippen LogP contribution in [0.1, 0.15) is 26.3 Å². The second-order valence-corrected chi connectivity index (χ2v) is 6.14. The molecule has 2 amide bonds. The fourth-order valence-electron chi connectivity index (χ4n) is 3.34. The number of hydrogen-bond acceptors (Lipinski definition) is 2. The molecule has 0 unspecified atom stereocenters. The zero-order chi connectivity index (χ0) is 18.3. The Morgan fingerprint density at radius 3 is 2.31 bits per heavy atom. The molecule has 0 bridgehead atoms. The Labute approximate surface area is 149 Å². The third kappa shape index (κ3) is 2.50. The Kier molecular flexibility index (Phi) is 3.69. The summed E-state index contributed by atoms with van der Waals surface area (Å²) in [6.07, 6.45) is 0. The normalized spacial score (nSPS) is 11.1. The van der Waals surface area contributed by atoms with E-state index in [9.17, 15) is 9.59 Å². The molecule has 127 valence electrons. The number of benzene rings is 3. The van der Waals surface area contributed by atoms with Gasteiger partial charge in [-0.25, -0.2) is 0 Å². The quantitative estimate of drug-likeness (QED) is 0.597. The van der Waals surface area contributed by atoms with Crippen molar-refractivity contribution in [1.29, 1.82) is 0 Å². The van der Waals surface area contributed by atoms with E-state index in [-0.39, 0.29) is 0 Å². The summed E-state index contributed by atoms with van der Waals surface area (Å²) < 4.78 is 2.12. The Balaban J connectivity index is 1.92. The van der Waals surface area contributed by atoms with Crippen molar-refractivity contribution in [2.45, 2.75) is 6.54 Å². The maximum atomic E-state index is 11.9. The number of nitrogens with zero attached hydrogens (tertiary/aromatic N) is 1. The van der Waals surface area contributed by atoms with E-state index in [1.807, 2.05) is 42.5 Å². The summed E-state index contributed by atoms with van der Waals surface area (Å²) in [5.41, 5.74) is 14.7. The molecule has 0 aliphatic heterocycles. The number of primary amides is 2. The molecule has 0 spiro atoms. The van der Waals surface area contributed by atoms with Crippen LogP contribution in [0.4, 0.5) is 0 Å². The minimum absolute atomic E-state index is 0.450. The predicted octanol–water partition coefficient (Wildman–Crippen LogP) is 2.84. The number of amides is 2. The topological polar surface area (TPSA) is 91.1 Å². The Bertz CT molecular complexity index is 1160. The van der Waals surface area contributed by atoms with Crippen molar-refractivity contribution in [3.63, 3.8) is 0 Å². The van der Waals surface area contributed by atoms with Gasteiger partial charge in [-0.3, -0.25) is 9.59 Å². The molecule has 0 fully saturated rings. The summed E-state index contributed by atoms with van der Waals surface area (Å²) in [7, 11) is 0. The van der Waals surface area contributed by atoms with E-state index in [0.29, 0.717) is 17.7 Å². The van der Waals surface area contributed by atoms with Gasteiger partial charge in [-0.1, -0.05) is 30.3 Å². The van der Waals surface area contributed by atoms with Crippen LogP contribution in [-0.2, 0) is 6.54 Å². The highest BCUT2D eigenvalue weighted by Gasteiger charge is 2.16. The average molecular weight is 342 g/mol. The van der Waals surface area contributed by atoms with Crippen LogP contribution >= 0.6 is 0 Å². The number of rotatable bonds is 4. The van der Waals surface area contributed by atoms with Gasteiger partial charge in [0.2, 0.25) is 11.8 Å². The molecule has 0 saturated heterocycles. The van der Waals surface area contributed by atoms with Crippen LogP contribution in [0, 0.1) is 6.07 Å². The fourth-order valence-corrected chi connectivity index (χ4v) is 3.34. The summed E-state index contributed by atoms with van der Waals surface area (Å²) in [5.74, 6) is -0.910. The summed E-state index contributed by atoms with van der Waals surface area (Å²) in [4.78, 5) is 23.1. The number of hydrogen-bond donors (Lipinski definition) is 2. The summed E-state index contributed by atoms with van der Waals surface area (Å²) in [6, 6.07) is 21.7. The van der Waals surface area contributed by atoms with Crippen LogP contribution < -0.4 is 11.5 Å². The highest BCUT2D eigenvalue weighted by atomic mass is 16.1. The molecule has 1 aromatic heterocycles. The van der Waals surface area contributed by atoms with Gasteiger partial charge in [0.1, 0.15) is 0 Å². The van der Waals surface area contributed by atoms with Gasteiger partial charge >= 0.3 is 0 Å². The van der Waals surface area contributed by atoms with Crippen LogP contribution in [0.2, 0.25) is 0 Å². The van der Waals surface area contributed by atoms with Crippen molar-refractivity contribution < 1.29 is 9.59 Å². The minimum atomic E-state index is -0.460. The van der Waals surface area contributed by atoms with Crippen LogP contribution in [-0.4, -0.2) is 16.4 Å². The molecule has 5 nitrogen and oxygen atoms in total. The van der Waals surface area contributed by atoms with Crippen LogP contribution in [0.15, 0.2) is 60.7 Å². The third-order valence-corrected chi connectivity index (χ3v) is 4.55. The van der Waals surface area contributed by atoms with Crippen molar-refractivity contribution >= 4 is 33.6 Å². The highest BCUT2D eigenvalue weighted by molar-refractivity contribution is 6.17. The van der Waals surface area contributed by atoms with Crippen molar-refractivity contribution in [3.8, 4) is 0 Å². The molecular formula is C21H16N3O2. The first-order chi connectivity index (χ1) is 12.6. The number of carbonyl (C=O) groups is 2. The Morgan fingerprint density at radius 1 is 0.885 bits per heavy atom. The average Bonchev–Trinajstić information content (AvgIpc) is 2.96. The smallest absolute Gasteiger partial charge is 0.249 e. The van der Waals surface area contributed by atoms with Crippen LogP contribution in [0.3, 0.4) is 0 Å². The van der Waals surface area contributed by atoms with E-state index >= 15 is 0 Å². The van der Waals surface area contributed by atoms with Crippen LogP contribution in [0.5, 0.6) is 0 Å². The van der Waals surface area contributed by atoms with Gasteiger partial charge < -0.3 is 16.0 Å². The second-order valence-electron chi connectivity index (χ2n) is 6.14. The maximum Gasteiger partial charge on any atom is 0.249 e. The molecular weight excluding hydrogens is 326 g/mol. The Morgan fingerprint density at radius 2 is 1.62 bits per heavy atom. The number of fused-ring (bicyclic) bond motifs is 3. The Hall–Kier alpha value is -3.60. The lowest BCUT2D eigenvalue weighted by molar-refractivity contribution is 0.0992. The molecule has 4 rings (SSSR count). The van der Waals surface area contributed by atoms with E-state index in [4.69, 9.17) is 11.5 Å². The van der Waals surface area contributed by atoms with Gasteiger partial charge in [0.15, 0.2) is 0 Å². The molecule has 0 aliphatic rings. The van der Waals surface area contributed by atoms with E-state index in [1.54, 1.807) is 18.2 Å². The van der Waals surface area contributed by atoms with Gasteiger partial charge in [0.05, 0.1) is 11.0 Å². The first kappa shape index (κ1) is 15.9. The second kappa shape index (κ2) is 6.04. The van der Waals surface area contributed by atoms with Crippen molar-refractivity contribution in [2.75, 3.05) is 0 Å². The van der Waals surface area contributed by atoms with Gasteiger partial charge in [-0.2, -0.15) is 0 Å². The number of carbonyl (C=O) groups excluding carboxylic acids is 2. The fraction of sp³-hybridized carbons (Fsp3) is 0.0476. The van der Waals surface area contributed by atoms with Crippen molar-refractivity contribution in [3.05, 3.63) is 83.4 Å². The largest absolute Gasteiger partial charge is 0.366 e. The van der Waals surface area contributed by atoms with Crippen molar-refractivity contribution in [1.82, 2.24) is 4.57 Å². The molecule has 0 saturated carbocycles. The molecule has 5 heteroatoms. The molecule has 4 aromatic rings. The summed E-state index contributed by atoms with van der Waals surface area (Å²) in [5, 5.41) is 1.68. The molecule has 4 N–H and O–H groups in total. The lowest BCUT2D eigenvalue weighted by atomic mass is 10.1. The van der Waals surface area contributed by atoms with E-state index in [0.717, 1.165) is 27.4 Å². The third-order valence-electron chi connectivity index (χ3n) is 4.55. The van der Waals surface area contributed by atoms with Crippen molar-refractivity contribution in [2.24, 2.45) is 11.5 Å². The number of aromatic nitrogens is 1. The first-order valence-corrected chi connectivity index (χ1v) is 8.16. The predicted molar refractivity (Wildman–Crippen MR) is 101 cm³/mol. The number of nitrogens with two attached hydrogens (primary N) is 2. The minimum Gasteiger partial charge on any atom is -0.366 e. The molecule has 0 aliphatic carbocycles. The van der Waals surface area contributed by atoms with Gasteiger partial charge in [0.25, 0.3) is 0 Å². The zero-order valence-electron chi connectivity index (χ0n) is 13.9. The molecule has 1 heterocycles. The maximum absolute atomic E-state index is 11.9. The molecule has 1 radical (unpaired) electrons. The van der Waals surface area contributed by atoms with Gasteiger partial charge in [-0.15, -0.1) is 0 Å². The van der Waals surface area contributed by atoms with E-state index in [1.165, 1.54) is 0 Å². The lowest BCUT2D eigenvalue weighted by Gasteiger charge is -2.08. The standard InChI is InChI=1S/C21H16N3O2/c22-20(25)14-10-8-13(9-11-14)12-24-17-6-2-1-4-15(17)19-16(21(23)26)5-3-7-18(19)24/h1-3,5-11H,12H2,(H2,22,25)(H2,23,26). The molecule has 26 heavy (non-hydrogen) atoms. The monoisotopic (exact) mass is 342 g/mol.